The lowest BCUT2D eigenvalue weighted by molar-refractivity contribution is -0.109. The molecule has 18 heavy (non-hydrogen) atoms. The molecular weight excluding hydrogens is 230 g/mol. The molecule has 0 atom stereocenters. The van der Waals surface area contributed by atoms with Crippen molar-refractivity contribution in [1.82, 2.24) is 10.3 Å². The Bertz CT molecular complexity index is 405. The molecule has 0 saturated carbocycles. The van der Waals surface area contributed by atoms with Crippen molar-refractivity contribution in [3.8, 4) is 0 Å². The summed E-state index contributed by atoms with van der Waals surface area (Å²) in [5.41, 5.74) is 3.26. The Morgan fingerprint density at radius 1 is 1.44 bits per heavy atom. The van der Waals surface area contributed by atoms with E-state index in [1.807, 2.05) is 7.05 Å². The first-order valence-electron chi connectivity index (χ1n) is 6.27. The van der Waals surface area contributed by atoms with Crippen LogP contribution in [-0.2, 0) is 22.4 Å². The molecular formula is C13H21N3O2. The zero-order valence-electron chi connectivity index (χ0n) is 11.2. The third-order valence-electron chi connectivity index (χ3n) is 3.15. The molecule has 2 N–H and O–H groups in total. The van der Waals surface area contributed by atoms with Gasteiger partial charge < -0.3 is 20.1 Å². The summed E-state index contributed by atoms with van der Waals surface area (Å²) >= 11 is 0. The number of anilines is 1. The Balaban J connectivity index is 2.41. The number of fused-ring (bicyclic) bond motifs is 1. The van der Waals surface area contributed by atoms with Crippen molar-refractivity contribution in [3.05, 3.63) is 22.9 Å². The molecule has 5 heteroatoms. The Kier molecular flexibility index (Phi) is 4.52. The molecule has 0 fully saturated rings. The largest absolute Gasteiger partial charge is 0.370 e. The Labute approximate surface area is 108 Å². The number of nitrogens with zero attached hydrogens (tertiary/aromatic N) is 1. The molecule has 1 aliphatic heterocycles. The van der Waals surface area contributed by atoms with Crippen molar-refractivity contribution < 1.29 is 9.47 Å². The fourth-order valence-electron chi connectivity index (χ4n) is 2.30. The van der Waals surface area contributed by atoms with Gasteiger partial charge in [0.2, 0.25) is 6.29 Å². The van der Waals surface area contributed by atoms with E-state index in [1.54, 1.807) is 14.2 Å². The highest BCUT2D eigenvalue weighted by molar-refractivity contribution is 5.49. The van der Waals surface area contributed by atoms with Crippen LogP contribution in [0.5, 0.6) is 0 Å². The highest BCUT2D eigenvalue weighted by atomic mass is 16.7. The number of hydrogen-bond donors (Lipinski definition) is 2. The molecule has 0 unspecified atom stereocenters. The molecule has 0 radical (unpaired) electrons. The van der Waals surface area contributed by atoms with E-state index in [1.165, 1.54) is 5.56 Å². The number of hydrogen-bond acceptors (Lipinski definition) is 5. The van der Waals surface area contributed by atoms with E-state index >= 15 is 0 Å². The predicted molar refractivity (Wildman–Crippen MR) is 70.6 cm³/mol. The molecule has 0 spiro atoms. The molecule has 2 rings (SSSR count). The van der Waals surface area contributed by atoms with Gasteiger partial charge in [0.15, 0.2) is 0 Å². The number of nitrogens with one attached hydrogen (secondary N) is 2. The first-order valence-corrected chi connectivity index (χ1v) is 6.27. The van der Waals surface area contributed by atoms with Gasteiger partial charge in [-0.25, -0.2) is 4.98 Å². The van der Waals surface area contributed by atoms with Crippen molar-refractivity contribution in [2.75, 3.05) is 33.1 Å². The van der Waals surface area contributed by atoms with Crippen LogP contribution < -0.4 is 10.6 Å². The van der Waals surface area contributed by atoms with Gasteiger partial charge >= 0.3 is 0 Å². The van der Waals surface area contributed by atoms with E-state index in [0.29, 0.717) is 0 Å². The summed E-state index contributed by atoms with van der Waals surface area (Å²) in [6.07, 6.45) is 1.82. The van der Waals surface area contributed by atoms with Crippen LogP contribution in [0, 0.1) is 0 Å². The third kappa shape index (κ3) is 2.63. The average molecular weight is 251 g/mol. The second-order valence-electron chi connectivity index (χ2n) is 4.40. The van der Waals surface area contributed by atoms with E-state index in [2.05, 4.69) is 21.7 Å². The van der Waals surface area contributed by atoms with Crippen molar-refractivity contribution in [2.45, 2.75) is 25.7 Å². The summed E-state index contributed by atoms with van der Waals surface area (Å²) < 4.78 is 10.6. The van der Waals surface area contributed by atoms with Crippen molar-refractivity contribution in [3.63, 3.8) is 0 Å². The SMILES string of the molecule is CNCc1cc2c(nc1C(OC)OC)NCCC2. The van der Waals surface area contributed by atoms with Gasteiger partial charge in [-0.05, 0) is 37.1 Å². The first-order chi connectivity index (χ1) is 8.80. The maximum absolute atomic E-state index is 5.32. The predicted octanol–water partition coefficient (Wildman–Crippen LogP) is 1.45. The number of methoxy groups -OCH3 is 2. The van der Waals surface area contributed by atoms with E-state index < -0.39 is 6.29 Å². The fraction of sp³-hybridized carbons (Fsp3) is 0.615. The maximum atomic E-state index is 5.32. The fourth-order valence-corrected chi connectivity index (χ4v) is 2.30. The Morgan fingerprint density at radius 2 is 2.22 bits per heavy atom. The van der Waals surface area contributed by atoms with E-state index in [-0.39, 0.29) is 0 Å². The molecule has 1 aromatic rings. The zero-order chi connectivity index (χ0) is 13.0. The van der Waals surface area contributed by atoms with Gasteiger partial charge in [-0.2, -0.15) is 0 Å². The Morgan fingerprint density at radius 3 is 2.89 bits per heavy atom. The number of aromatic nitrogens is 1. The summed E-state index contributed by atoms with van der Waals surface area (Å²) in [5, 5.41) is 6.50. The maximum Gasteiger partial charge on any atom is 0.200 e. The normalized spacial score (nSPS) is 14.4. The second-order valence-corrected chi connectivity index (χ2v) is 4.40. The molecule has 5 nitrogen and oxygen atoms in total. The lowest BCUT2D eigenvalue weighted by Crippen LogP contribution is -2.20. The molecule has 2 heterocycles. The van der Waals surface area contributed by atoms with Gasteiger partial charge in [-0.1, -0.05) is 0 Å². The van der Waals surface area contributed by atoms with Gasteiger partial charge in [0, 0.05) is 27.3 Å². The van der Waals surface area contributed by atoms with Crippen LogP contribution in [0.1, 0.15) is 29.5 Å². The van der Waals surface area contributed by atoms with Crippen LogP contribution >= 0.6 is 0 Å². The second kappa shape index (κ2) is 6.13. The number of pyridine rings is 1. The Hall–Kier alpha value is -1.17. The van der Waals surface area contributed by atoms with Gasteiger partial charge in [-0.15, -0.1) is 0 Å². The first kappa shape index (κ1) is 13.3. The molecule has 0 saturated heterocycles. The number of aryl methyl sites for hydroxylation is 1. The molecule has 0 bridgehead atoms. The molecule has 100 valence electrons. The van der Waals surface area contributed by atoms with E-state index in [0.717, 1.165) is 43.0 Å². The molecule has 0 amide bonds. The number of ether oxygens (including phenoxy) is 2. The topological polar surface area (TPSA) is 55.4 Å². The van der Waals surface area contributed by atoms with Crippen LogP contribution in [0.4, 0.5) is 5.82 Å². The monoisotopic (exact) mass is 251 g/mol. The van der Waals surface area contributed by atoms with Crippen molar-refractivity contribution in [2.24, 2.45) is 0 Å². The van der Waals surface area contributed by atoms with Crippen LogP contribution in [0.15, 0.2) is 6.07 Å². The van der Waals surface area contributed by atoms with Gasteiger partial charge in [0.25, 0.3) is 0 Å². The highest BCUT2D eigenvalue weighted by Crippen LogP contribution is 2.27. The van der Waals surface area contributed by atoms with E-state index in [9.17, 15) is 0 Å². The quantitative estimate of drug-likeness (QED) is 0.776. The van der Waals surface area contributed by atoms with Crippen LogP contribution in [-0.4, -0.2) is 32.8 Å². The summed E-state index contributed by atoms with van der Waals surface area (Å²) in [6.45, 7) is 1.74. The minimum absolute atomic E-state index is 0.414. The minimum Gasteiger partial charge on any atom is -0.370 e. The van der Waals surface area contributed by atoms with Crippen LogP contribution in [0.25, 0.3) is 0 Å². The molecule has 1 aromatic heterocycles. The molecule has 0 aromatic carbocycles. The molecule has 0 aliphatic carbocycles. The zero-order valence-corrected chi connectivity index (χ0v) is 11.2. The smallest absolute Gasteiger partial charge is 0.200 e. The third-order valence-corrected chi connectivity index (χ3v) is 3.15. The van der Waals surface area contributed by atoms with Crippen molar-refractivity contribution >= 4 is 5.82 Å². The number of rotatable bonds is 5. The highest BCUT2D eigenvalue weighted by Gasteiger charge is 2.20. The lowest BCUT2D eigenvalue weighted by Gasteiger charge is -2.23. The summed E-state index contributed by atoms with van der Waals surface area (Å²) in [7, 11) is 5.19. The van der Waals surface area contributed by atoms with E-state index in [4.69, 9.17) is 9.47 Å². The lowest BCUT2D eigenvalue weighted by atomic mass is 10.0. The van der Waals surface area contributed by atoms with Crippen LogP contribution in [0.2, 0.25) is 0 Å². The molecule has 1 aliphatic rings. The van der Waals surface area contributed by atoms with Crippen molar-refractivity contribution in [1.29, 1.82) is 0 Å². The minimum atomic E-state index is -0.414. The average Bonchev–Trinajstić information content (AvgIpc) is 2.41. The van der Waals surface area contributed by atoms with Gasteiger partial charge in [-0.3, -0.25) is 0 Å². The van der Waals surface area contributed by atoms with Crippen LogP contribution in [0.3, 0.4) is 0 Å². The summed E-state index contributed by atoms with van der Waals surface area (Å²) in [4.78, 5) is 4.67. The summed E-state index contributed by atoms with van der Waals surface area (Å²) in [5.74, 6) is 0.968. The van der Waals surface area contributed by atoms with Gasteiger partial charge in [0.05, 0.1) is 0 Å². The standard InChI is InChI=1S/C13H21N3O2/c1-14-8-10-7-9-5-4-6-15-12(9)16-11(10)13(17-2)18-3/h7,13-14H,4-6,8H2,1-3H3,(H,15,16). The summed E-state index contributed by atoms with van der Waals surface area (Å²) in [6, 6.07) is 2.20. The van der Waals surface area contributed by atoms with Gasteiger partial charge in [0.1, 0.15) is 11.5 Å².